The first-order valence-corrected chi connectivity index (χ1v) is 5.99. The highest BCUT2D eigenvalue weighted by Gasteiger charge is 2.10. The SMILES string of the molecule is Cc1ccc(N(C)c2cc(C(N)=O)ccc2N)cc1. The summed E-state index contributed by atoms with van der Waals surface area (Å²) in [5.41, 5.74) is 15.3. The standard InChI is InChI=1S/C15H17N3O/c1-10-3-6-12(7-4-10)18(2)14-9-11(15(17)19)5-8-13(14)16/h3-9H,16H2,1-2H3,(H2,17,19). The molecular weight excluding hydrogens is 238 g/mol. The van der Waals surface area contributed by atoms with Gasteiger partial charge in [-0.25, -0.2) is 0 Å². The number of benzene rings is 2. The molecule has 0 aromatic heterocycles. The van der Waals surface area contributed by atoms with E-state index in [4.69, 9.17) is 11.5 Å². The van der Waals surface area contributed by atoms with E-state index in [2.05, 4.69) is 0 Å². The number of hydrogen-bond donors (Lipinski definition) is 2. The molecule has 0 aliphatic rings. The molecule has 0 spiro atoms. The predicted octanol–water partition coefficient (Wildman–Crippen LogP) is 2.44. The Morgan fingerprint density at radius 3 is 2.32 bits per heavy atom. The van der Waals surface area contributed by atoms with Crippen molar-refractivity contribution in [1.29, 1.82) is 0 Å². The second kappa shape index (κ2) is 5.02. The molecule has 4 nitrogen and oxygen atoms in total. The number of nitrogens with zero attached hydrogens (tertiary/aromatic N) is 1. The minimum absolute atomic E-state index is 0.447. The largest absolute Gasteiger partial charge is 0.397 e. The fourth-order valence-electron chi connectivity index (χ4n) is 1.89. The molecule has 0 fully saturated rings. The summed E-state index contributed by atoms with van der Waals surface area (Å²) in [6, 6.07) is 13.1. The van der Waals surface area contributed by atoms with Gasteiger partial charge >= 0.3 is 0 Å². The van der Waals surface area contributed by atoms with Gasteiger partial charge in [-0.3, -0.25) is 4.79 Å². The van der Waals surface area contributed by atoms with Gasteiger partial charge in [0.25, 0.3) is 0 Å². The van der Waals surface area contributed by atoms with Crippen molar-refractivity contribution in [2.75, 3.05) is 17.7 Å². The maximum Gasteiger partial charge on any atom is 0.248 e. The lowest BCUT2D eigenvalue weighted by atomic mass is 10.1. The number of primary amides is 1. The summed E-state index contributed by atoms with van der Waals surface area (Å²) in [5.74, 6) is -0.460. The first kappa shape index (κ1) is 13.0. The van der Waals surface area contributed by atoms with Crippen molar-refractivity contribution in [3.8, 4) is 0 Å². The van der Waals surface area contributed by atoms with E-state index in [-0.39, 0.29) is 0 Å². The third kappa shape index (κ3) is 2.68. The van der Waals surface area contributed by atoms with Crippen molar-refractivity contribution in [2.24, 2.45) is 5.73 Å². The molecule has 0 radical (unpaired) electrons. The molecule has 0 aliphatic carbocycles. The summed E-state index contributed by atoms with van der Waals surface area (Å²) in [7, 11) is 1.90. The third-order valence-electron chi connectivity index (χ3n) is 3.10. The molecule has 0 bridgehead atoms. The molecular formula is C15H17N3O. The van der Waals surface area contributed by atoms with Crippen LogP contribution in [0.1, 0.15) is 15.9 Å². The second-order valence-electron chi connectivity index (χ2n) is 4.53. The highest BCUT2D eigenvalue weighted by molar-refractivity contribution is 5.95. The molecule has 0 saturated carbocycles. The predicted molar refractivity (Wildman–Crippen MR) is 78.6 cm³/mol. The number of amides is 1. The van der Waals surface area contributed by atoms with E-state index in [0.29, 0.717) is 11.3 Å². The van der Waals surface area contributed by atoms with Gasteiger partial charge < -0.3 is 16.4 Å². The van der Waals surface area contributed by atoms with Crippen LogP contribution in [0.3, 0.4) is 0 Å². The Hall–Kier alpha value is -2.49. The van der Waals surface area contributed by atoms with E-state index in [0.717, 1.165) is 11.4 Å². The van der Waals surface area contributed by atoms with Crippen LogP contribution in [0.15, 0.2) is 42.5 Å². The number of rotatable bonds is 3. The number of carbonyl (C=O) groups excluding carboxylic acids is 1. The Labute approximate surface area is 112 Å². The van der Waals surface area contributed by atoms with Crippen LogP contribution in [0, 0.1) is 6.92 Å². The molecule has 0 unspecified atom stereocenters. The van der Waals surface area contributed by atoms with Crippen LogP contribution in [-0.4, -0.2) is 13.0 Å². The number of carbonyl (C=O) groups is 1. The Morgan fingerprint density at radius 2 is 1.74 bits per heavy atom. The molecule has 4 heteroatoms. The van der Waals surface area contributed by atoms with Crippen LogP contribution >= 0.6 is 0 Å². The van der Waals surface area contributed by atoms with Crippen molar-refractivity contribution in [1.82, 2.24) is 0 Å². The normalized spacial score (nSPS) is 10.2. The zero-order chi connectivity index (χ0) is 14.0. The summed E-state index contributed by atoms with van der Waals surface area (Å²) in [5, 5.41) is 0. The lowest BCUT2D eigenvalue weighted by Gasteiger charge is -2.22. The van der Waals surface area contributed by atoms with Crippen molar-refractivity contribution in [3.63, 3.8) is 0 Å². The molecule has 2 aromatic carbocycles. The van der Waals surface area contributed by atoms with Crippen molar-refractivity contribution in [2.45, 2.75) is 6.92 Å². The average molecular weight is 255 g/mol. The van der Waals surface area contributed by atoms with Crippen LogP contribution in [0.4, 0.5) is 17.1 Å². The Morgan fingerprint density at radius 1 is 1.11 bits per heavy atom. The smallest absolute Gasteiger partial charge is 0.248 e. The van der Waals surface area contributed by atoms with E-state index in [9.17, 15) is 4.79 Å². The maximum atomic E-state index is 11.2. The zero-order valence-corrected chi connectivity index (χ0v) is 11.1. The van der Waals surface area contributed by atoms with Gasteiger partial charge in [-0.15, -0.1) is 0 Å². The highest BCUT2D eigenvalue weighted by Crippen LogP contribution is 2.29. The van der Waals surface area contributed by atoms with E-state index in [1.807, 2.05) is 43.1 Å². The van der Waals surface area contributed by atoms with Crippen LogP contribution in [0.2, 0.25) is 0 Å². The molecule has 19 heavy (non-hydrogen) atoms. The Balaban J connectivity index is 2.42. The monoisotopic (exact) mass is 255 g/mol. The molecule has 0 atom stereocenters. The number of anilines is 3. The third-order valence-corrected chi connectivity index (χ3v) is 3.10. The van der Waals surface area contributed by atoms with Crippen LogP contribution < -0.4 is 16.4 Å². The molecule has 0 saturated heterocycles. The molecule has 1 amide bonds. The molecule has 2 aromatic rings. The van der Waals surface area contributed by atoms with Gasteiger partial charge in [0.1, 0.15) is 0 Å². The minimum Gasteiger partial charge on any atom is -0.397 e. The Kier molecular flexibility index (Phi) is 3.42. The van der Waals surface area contributed by atoms with E-state index >= 15 is 0 Å². The van der Waals surface area contributed by atoms with Crippen molar-refractivity contribution in [3.05, 3.63) is 53.6 Å². The van der Waals surface area contributed by atoms with Gasteiger partial charge in [-0.2, -0.15) is 0 Å². The van der Waals surface area contributed by atoms with Gasteiger partial charge in [0.05, 0.1) is 11.4 Å². The summed E-state index contributed by atoms with van der Waals surface area (Å²) >= 11 is 0. The summed E-state index contributed by atoms with van der Waals surface area (Å²) in [6.45, 7) is 2.03. The van der Waals surface area contributed by atoms with Crippen molar-refractivity contribution < 1.29 is 4.79 Å². The fourth-order valence-corrected chi connectivity index (χ4v) is 1.89. The van der Waals surface area contributed by atoms with Crippen molar-refractivity contribution >= 4 is 23.0 Å². The van der Waals surface area contributed by atoms with E-state index in [1.165, 1.54) is 5.56 Å². The van der Waals surface area contributed by atoms with Crippen LogP contribution in [0.5, 0.6) is 0 Å². The molecule has 0 aliphatic heterocycles. The van der Waals surface area contributed by atoms with E-state index < -0.39 is 5.91 Å². The van der Waals surface area contributed by atoms with Crippen LogP contribution in [-0.2, 0) is 0 Å². The molecule has 4 N–H and O–H groups in total. The van der Waals surface area contributed by atoms with Gasteiger partial charge in [-0.1, -0.05) is 17.7 Å². The number of nitrogen functional groups attached to an aromatic ring is 1. The topological polar surface area (TPSA) is 72.3 Å². The van der Waals surface area contributed by atoms with Gasteiger partial charge in [0.2, 0.25) is 5.91 Å². The zero-order valence-electron chi connectivity index (χ0n) is 11.1. The van der Waals surface area contributed by atoms with Gasteiger partial charge in [0, 0.05) is 18.3 Å². The van der Waals surface area contributed by atoms with Gasteiger partial charge in [-0.05, 0) is 37.3 Å². The summed E-state index contributed by atoms with van der Waals surface area (Å²) in [6.07, 6.45) is 0. The lowest BCUT2D eigenvalue weighted by Crippen LogP contribution is -2.15. The molecule has 2 rings (SSSR count). The van der Waals surface area contributed by atoms with Gasteiger partial charge in [0.15, 0.2) is 0 Å². The van der Waals surface area contributed by atoms with E-state index in [1.54, 1.807) is 18.2 Å². The number of aryl methyl sites for hydroxylation is 1. The molecule has 0 heterocycles. The highest BCUT2D eigenvalue weighted by atomic mass is 16.1. The minimum atomic E-state index is -0.460. The second-order valence-corrected chi connectivity index (χ2v) is 4.53. The first-order valence-electron chi connectivity index (χ1n) is 5.99. The number of nitrogens with two attached hydrogens (primary N) is 2. The average Bonchev–Trinajstić information content (AvgIpc) is 2.39. The quantitative estimate of drug-likeness (QED) is 0.827. The number of hydrogen-bond acceptors (Lipinski definition) is 3. The van der Waals surface area contributed by atoms with Crippen LogP contribution in [0.25, 0.3) is 0 Å². The lowest BCUT2D eigenvalue weighted by molar-refractivity contribution is 0.100. The Bertz CT molecular complexity index is 605. The first-order chi connectivity index (χ1) is 8.99. The maximum absolute atomic E-state index is 11.2. The fraction of sp³-hybridized carbons (Fsp3) is 0.133. The summed E-state index contributed by atoms with van der Waals surface area (Å²) in [4.78, 5) is 13.2. The summed E-state index contributed by atoms with van der Waals surface area (Å²) < 4.78 is 0. The molecule has 98 valence electrons.